The van der Waals surface area contributed by atoms with Gasteiger partial charge in [0.2, 0.25) is 0 Å². The average molecular weight is 283 g/mol. The van der Waals surface area contributed by atoms with Gasteiger partial charge in [-0.3, -0.25) is 0 Å². The molecule has 1 atom stereocenters. The fourth-order valence-electron chi connectivity index (χ4n) is 2.70. The molecule has 0 spiro atoms. The third-order valence-corrected chi connectivity index (χ3v) is 6.07. The molecule has 1 aromatic rings. The van der Waals surface area contributed by atoms with Crippen molar-refractivity contribution in [1.82, 2.24) is 0 Å². The van der Waals surface area contributed by atoms with Gasteiger partial charge in [-0.1, -0.05) is 31.0 Å². The molecule has 0 aliphatic heterocycles. The minimum Gasteiger partial charge on any atom is -0.496 e. The van der Waals surface area contributed by atoms with Crippen molar-refractivity contribution in [2.45, 2.75) is 37.0 Å². The molecule has 1 aromatic carbocycles. The van der Waals surface area contributed by atoms with Crippen molar-refractivity contribution in [3.8, 4) is 5.75 Å². The summed E-state index contributed by atoms with van der Waals surface area (Å²) in [7, 11) is -1.55. The second-order valence-electron chi connectivity index (χ2n) is 5.08. The van der Waals surface area contributed by atoms with Gasteiger partial charge in [-0.05, 0) is 18.9 Å². The third kappa shape index (κ3) is 3.28. The first-order chi connectivity index (χ1) is 9.04. The van der Waals surface area contributed by atoms with E-state index in [1.807, 2.05) is 18.2 Å². The Morgan fingerprint density at radius 1 is 1.32 bits per heavy atom. The van der Waals surface area contributed by atoms with Crippen molar-refractivity contribution in [1.29, 1.82) is 0 Å². The quantitative estimate of drug-likeness (QED) is 0.898. The van der Waals surface area contributed by atoms with Crippen LogP contribution in [-0.2, 0) is 9.84 Å². The van der Waals surface area contributed by atoms with Crippen LogP contribution in [0.3, 0.4) is 0 Å². The van der Waals surface area contributed by atoms with Gasteiger partial charge in [-0.15, -0.1) is 0 Å². The van der Waals surface area contributed by atoms with Gasteiger partial charge in [0.15, 0.2) is 9.84 Å². The molecular formula is C14H21NO3S. The van der Waals surface area contributed by atoms with Gasteiger partial charge in [0.25, 0.3) is 0 Å². The molecule has 0 bridgehead atoms. The first-order valence-corrected chi connectivity index (χ1v) is 8.36. The summed E-state index contributed by atoms with van der Waals surface area (Å²) in [4.78, 5) is 0. The minimum atomic E-state index is -3.11. The predicted molar refractivity (Wildman–Crippen MR) is 76.0 cm³/mol. The summed E-state index contributed by atoms with van der Waals surface area (Å²) in [5.74, 6) is 0.648. The van der Waals surface area contributed by atoms with E-state index in [0.29, 0.717) is 5.75 Å². The highest BCUT2D eigenvalue weighted by atomic mass is 32.2. The lowest BCUT2D eigenvalue weighted by atomic mass is 10.1. The van der Waals surface area contributed by atoms with E-state index < -0.39 is 15.9 Å². The normalized spacial score (nSPS) is 18.4. The highest BCUT2D eigenvalue weighted by Crippen LogP contribution is 2.29. The molecule has 19 heavy (non-hydrogen) atoms. The van der Waals surface area contributed by atoms with E-state index in [1.165, 1.54) is 0 Å². The topological polar surface area (TPSA) is 69.4 Å². The Kier molecular flexibility index (Phi) is 4.47. The number of hydrogen-bond acceptors (Lipinski definition) is 4. The number of methoxy groups -OCH3 is 1. The Balaban J connectivity index is 2.14. The van der Waals surface area contributed by atoms with Crippen molar-refractivity contribution in [2.75, 3.05) is 12.9 Å². The number of benzene rings is 1. The van der Waals surface area contributed by atoms with Crippen LogP contribution in [0.4, 0.5) is 0 Å². The standard InChI is InChI=1S/C14H21NO3S/c1-18-14-9-5-4-8-12(14)13(15)10-19(16,17)11-6-2-3-7-11/h4-5,8-9,11,13H,2-3,6-7,10,15H2,1H3. The van der Waals surface area contributed by atoms with E-state index in [1.54, 1.807) is 13.2 Å². The van der Waals surface area contributed by atoms with Crippen molar-refractivity contribution in [2.24, 2.45) is 5.73 Å². The number of rotatable bonds is 5. The fraction of sp³-hybridized carbons (Fsp3) is 0.571. The molecule has 0 saturated heterocycles. The molecule has 0 amide bonds. The molecule has 0 radical (unpaired) electrons. The highest BCUT2D eigenvalue weighted by Gasteiger charge is 2.31. The summed E-state index contributed by atoms with van der Waals surface area (Å²) in [6, 6.07) is 6.80. The van der Waals surface area contributed by atoms with Crippen molar-refractivity contribution < 1.29 is 13.2 Å². The summed E-state index contributed by atoms with van der Waals surface area (Å²) in [6.07, 6.45) is 3.57. The zero-order chi connectivity index (χ0) is 13.9. The molecule has 0 heterocycles. The van der Waals surface area contributed by atoms with Gasteiger partial charge in [0.05, 0.1) is 18.1 Å². The molecule has 1 fully saturated rings. The molecule has 1 aliphatic rings. The van der Waals surface area contributed by atoms with E-state index >= 15 is 0 Å². The summed E-state index contributed by atoms with van der Waals surface area (Å²) >= 11 is 0. The van der Waals surface area contributed by atoms with Gasteiger partial charge in [-0.25, -0.2) is 8.42 Å². The minimum absolute atomic E-state index is 0.00194. The monoisotopic (exact) mass is 283 g/mol. The lowest BCUT2D eigenvalue weighted by molar-refractivity contribution is 0.407. The molecule has 2 N–H and O–H groups in total. The zero-order valence-electron chi connectivity index (χ0n) is 11.2. The Bertz CT molecular complexity index is 521. The zero-order valence-corrected chi connectivity index (χ0v) is 12.0. The van der Waals surface area contributed by atoms with Gasteiger partial charge in [0.1, 0.15) is 5.75 Å². The summed E-state index contributed by atoms with van der Waals surface area (Å²) in [5.41, 5.74) is 6.82. The van der Waals surface area contributed by atoms with Gasteiger partial charge in [0, 0.05) is 11.6 Å². The molecule has 4 nitrogen and oxygen atoms in total. The summed E-state index contributed by atoms with van der Waals surface area (Å²) in [5, 5.41) is -0.201. The molecule has 1 saturated carbocycles. The average Bonchev–Trinajstić information content (AvgIpc) is 2.93. The van der Waals surface area contributed by atoms with E-state index in [0.717, 1.165) is 31.2 Å². The fourth-order valence-corrected chi connectivity index (χ4v) is 4.70. The molecule has 1 aliphatic carbocycles. The first-order valence-electron chi connectivity index (χ1n) is 6.64. The summed E-state index contributed by atoms with van der Waals surface area (Å²) in [6.45, 7) is 0. The Morgan fingerprint density at radius 3 is 2.58 bits per heavy atom. The van der Waals surface area contributed by atoms with Gasteiger partial charge >= 0.3 is 0 Å². The molecule has 5 heteroatoms. The maximum atomic E-state index is 12.3. The largest absolute Gasteiger partial charge is 0.496 e. The number of sulfone groups is 1. The molecule has 1 unspecified atom stereocenters. The number of nitrogens with two attached hydrogens (primary N) is 1. The van der Waals surface area contributed by atoms with Gasteiger partial charge in [-0.2, -0.15) is 0 Å². The van der Waals surface area contributed by atoms with Crippen LogP contribution in [0, 0.1) is 0 Å². The van der Waals surface area contributed by atoms with Crippen LogP contribution in [0.25, 0.3) is 0 Å². The maximum absolute atomic E-state index is 12.3. The Labute approximate surface area is 114 Å². The van der Waals surface area contributed by atoms with Gasteiger partial charge < -0.3 is 10.5 Å². The van der Waals surface area contributed by atoms with E-state index in [4.69, 9.17) is 10.5 Å². The number of hydrogen-bond donors (Lipinski definition) is 1. The Hall–Kier alpha value is -1.07. The third-order valence-electron chi connectivity index (χ3n) is 3.76. The van der Waals surface area contributed by atoms with Crippen LogP contribution in [0.1, 0.15) is 37.3 Å². The highest BCUT2D eigenvalue weighted by molar-refractivity contribution is 7.92. The molecule has 2 rings (SSSR count). The lowest BCUT2D eigenvalue weighted by Gasteiger charge is -2.18. The van der Waals surface area contributed by atoms with Crippen LogP contribution < -0.4 is 10.5 Å². The first kappa shape index (κ1) is 14.3. The maximum Gasteiger partial charge on any atom is 0.155 e. The lowest BCUT2D eigenvalue weighted by Crippen LogP contribution is -2.28. The molecule has 0 aromatic heterocycles. The molecule has 106 valence electrons. The smallest absolute Gasteiger partial charge is 0.155 e. The Morgan fingerprint density at radius 2 is 1.95 bits per heavy atom. The van der Waals surface area contributed by atoms with E-state index in [9.17, 15) is 8.42 Å². The van der Waals surface area contributed by atoms with E-state index in [-0.39, 0.29) is 11.0 Å². The van der Waals surface area contributed by atoms with Crippen LogP contribution in [-0.4, -0.2) is 26.5 Å². The summed E-state index contributed by atoms with van der Waals surface area (Å²) < 4.78 is 29.8. The predicted octanol–water partition coefficient (Wildman–Crippen LogP) is 2.05. The van der Waals surface area contributed by atoms with Crippen LogP contribution in [0.15, 0.2) is 24.3 Å². The van der Waals surface area contributed by atoms with Crippen molar-refractivity contribution in [3.63, 3.8) is 0 Å². The van der Waals surface area contributed by atoms with Crippen molar-refractivity contribution in [3.05, 3.63) is 29.8 Å². The number of ether oxygens (including phenoxy) is 1. The van der Waals surface area contributed by atoms with Crippen LogP contribution >= 0.6 is 0 Å². The van der Waals surface area contributed by atoms with Crippen LogP contribution in [0.2, 0.25) is 0 Å². The molecular weight excluding hydrogens is 262 g/mol. The SMILES string of the molecule is COc1ccccc1C(N)CS(=O)(=O)C1CCCC1. The van der Waals surface area contributed by atoms with E-state index in [2.05, 4.69) is 0 Å². The number of para-hydroxylation sites is 1. The second kappa shape index (κ2) is 5.92. The van der Waals surface area contributed by atoms with Crippen LogP contribution in [0.5, 0.6) is 5.75 Å². The van der Waals surface area contributed by atoms with Crippen molar-refractivity contribution >= 4 is 9.84 Å². The second-order valence-corrected chi connectivity index (χ2v) is 7.41.